The van der Waals surface area contributed by atoms with E-state index in [-0.39, 0.29) is 27.1 Å². The summed E-state index contributed by atoms with van der Waals surface area (Å²) in [6.45, 7) is 2.46. The molecule has 0 radical (unpaired) electrons. The number of sulfonamides is 1. The number of nitrogens with one attached hydrogen (secondary N) is 1. The van der Waals surface area contributed by atoms with Crippen LogP contribution < -0.4 is 10.7 Å². The van der Waals surface area contributed by atoms with Crippen molar-refractivity contribution in [3.8, 4) is 5.69 Å². The maximum atomic E-state index is 13.5. The van der Waals surface area contributed by atoms with Gasteiger partial charge in [0.2, 0.25) is 0 Å². The molecule has 4 aromatic rings. The number of benzene rings is 2. The molecule has 0 saturated heterocycles. The number of carbonyl (C=O) groups excluding carboxylic acids is 2. The Balaban J connectivity index is 1.87. The fourth-order valence-electron chi connectivity index (χ4n) is 3.89. The summed E-state index contributed by atoms with van der Waals surface area (Å²) >= 11 is 0. The number of fused-ring (bicyclic) bond motifs is 1. The highest BCUT2D eigenvalue weighted by Gasteiger charge is 2.34. The lowest BCUT2D eigenvalue weighted by Crippen LogP contribution is -2.31. The van der Waals surface area contributed by atoms with Crippen LogP contribution in [-0.2, 0) is 27.5 Å². The van der Waals surface area contributed by atoms with Crippen LogP contribution in [0.4, 0.5) is 13.2 Å². The van der Waals surface area contributed by atoms with Gasteiger partial charge in [0, 0.05) is 24.5 Å². The molecule has 0 spiro atoms. The molecule has 4 rings (SSSR count). The predicted molar refractivity (Wildman–Crippen MR) is 138 cm³/mol. The molecule has 1 amide bonds. The van der Waals surface area contributed by atoms with Crippen molar-refractivity contribution in [1.29, 1.82) is 0 Å². The Morgan fingerprint density at radius 3 is 2.27 bits per heavy atom. The van der Waals surface area contributed by atoms with E-state index in [0.717, 1.165) is 29.9 Å². The Kier molecular flexibility index (Phi) is 7.55. The molecule has 0 aliphatic carbocycles. The van der Waals surface area contributed by atoms with Crippen molar-refractivity contribution in [2.45, 2.75) is 17.6 Å². The van der Waals surface area contributed by atoms with Crippen LogP contribution in [-0.4, -0.2) is 43.7 Å². The average molecular weight is 573 g/mol. The Bertz CT molecular complexity index is 1800. The summed E-state index contributed by atoms with van der Waals surface area (Å²) in [6, 6.07) is 14.1. The van der Waals surface area contributed by atoms with Crippen LogP contribution in [0, 0.1) is 0 Å². The summed E-state index contributed by atoms with van der Waals surface area (Å²) in [4.78, 5) is 42.7. The van der Waals surface area contributed by atoms with Gasteiger partial charge in [0.15, 0.2) is 5.43 Å². The normalized spacial score (nSPS) is 11.7. The van der Waals surface area contributed by atoms with E-state index < -0.39 is 57.1 Å². The van der Waals surface area contributed by atoms with Gasteiger partial charge in [-0.3, -0.25) is 14.2 Å². The van der Waals surface area contributed by atoms with Crippen LogP contribution >= 0.6 is 0 Å². The number of nitrogens with zero attached hydrogens (tertiary/aromatic N) is 3. The highest BCUT2D eigenvalue weighted by atomic mass is 32.2. The third kappa shape index (κ3) is 5.33. The summed E-state index contributed by atoms with van der Waals surface area (Å²) in [5, 5.41) is 2.25. The highest BCUT2D eigenvalue weighted by Crippen LogP contribution is 2.30. The van der Waals surface area contributed by atoms with Gasteiger partial charge < -0.3 is 10.1 Å². The maximum absolute atomic E-state index is 13.5. The number of carbonyl (C=O) groups is 2. The van der Waals surface area contributed by atoms with Crippen molar-refractivity contribution < 1.29 is 35.9 Å². The first kappa shape index (κ1) is 28.2. The summed E-state index contributed by atoms with van der Waals surface area (Å²) in [5.41, 5.74) is -3.04. The van der Waals surface area contributed by atoms with E-state index in [4.69, 9.17) is 4.74 Å². The zero-order valence-corrected chi connectivity index (χ0v) is 21.4. The van der Waals surface area contributed by atoms with E-state index in [1.54, 1.807) is 18.2 Å². The molecular weight excluding hydrogens is 553 g/mol. The summed E-state index contributed by atoms with van der Waals surface area (Å²) in [6.07, 6.45) is -4.83. The predicted octanol–water partition coefficient (Wildman–Crippen LogP) is 3.51. The molecule has 14 heteroatoms. The number of alkyl halides is 3. The largest absolute Gasteiger partial charge is 0.464 e. The standard InChI is InChI=1S/C26H19F3N4O6S/c1-30-40(37,38)17-10-8-15(9-11-17)24(35)31-14-19-21(25(36)39-2)33(16-6-4-3-5-7-16)23-18(22(19)34)12-13-20(32-23)26(27,28)29/h3-13H,1,14H2,2H3,(H,31,35). The number of esters is 1. The lowest BCUT2D eigenvalue weighted by Gasteiger charge is -2.19. The molecule has 0 saturated carbocycles. The number of para-hydroxylation sites is 1. The number of methoxy groups -OCH3 is 1. The van der Waals surface area contributed by atoms with Gasteiger partial charge in [-0.05, 0) is 48.5 Å². The minimum absolute atomic E-state index is 0.0169. The van der Waals surface area contributed by atoms with Gasteiger partial charge in [0.05, 0.1) is 23.0 Å². The maximum Gasteiger partial charge on any atom is 0.433 e. The van der Waals surface area contributed by atoms with Crippen LogP contribution in [0.1, 0.15) is 32.1 Å². The Hall–Kier alpha value is -4.85. The second kappa shape index (κ2) is 10.7. The second-order valence-corrected chi connectivity index (χ2v) is 9.88. The molecule has 206 valence electrons. The average Bonchev–Trinajstić information content (AvgIpc) is 2.95. The third-order valence-corrected chi connectivity index (χ3v) is 7.02. The molecule has 40 heavy (non-hydrogen) atoms. The molecule has 0 fully saturated rings. The van der Waals surface area contributed by atoms with Crippen molar-refractivity contribution >= 4 is 39.7 Å². The molecule has 2 aromatic heterocycles. The zero-order chi connectivity index (χ0) is 29.2. The first-order valence-corrected chi connectivity index (χ1v) is 12.7. The topological polar surface area (TPSA) is 137 Å². The Morgan fingerprint density at radius 1 is 1.05 bits per heavy atom. The molecule has 0 atom stereocenters. The van der Waals surface area contributed by atoms with Gasteiger partial charge in [-0.25, -0.2) is 9.78 Å². The van der Waals surface area contributed by atoms with Crippen LogP contribution in [0.15, 0.2) is 80.8 Å². The van der Waals surface area contributed by atoms with Crippen LogP contribution in [0.2, 0.25) is 0 Å². The molecule has 1 N–H and O–H groups in total. The summed E-state index contributed by atoms with van der Waals surface area (Å²) in [7, 11) is -2.94. The smallest absolute Gasteiger partial charge is 0.433 e. The second-order valence-electron chi connectivity index (χ2n) is 8.20. The van der Waals surface area contributed by atoms with E-state index >= 15 is 0 Å². The summed E-state index contributed by atoms with van der Waals surface area (Å²) in [5.74, 6) is -1.79. The van der Waals surface area contributed by atoms with E-state index in [1.807, 2.05) is 0 Å². The van der Waals surface area contributed by atoms with E-state index in [9.17, 15) is 36.0 Å². The van der Waals surface area contributed by atoms with Crippen molar-refractivity contribution in [2.24, 2.45) is 4.40 Å². The lowest BCUT2D eigenvalue weighted by atomic mass is 10.1. The Morgan fingerprint density at radius 2 is 1.70 bits per heavy atom. The fourth-order valence-corrected chi connectivity index (χ4v) is 4.52. The van der Waals surface area contributed by atoms with Gasteiger partial charge in [0.25, 0.3) is 15.9 Å². The molecular formula is C26H19F3N4O6S. The minimum atomic E-state index is -4.83. The van der Waals surface area contributed by atoms with Crippen molar-refractivity contribution in [3.05, 3.63) is 99.5 Å². The van der Waals surface area contributed by atoms with Gasteiger partial charge >= 0.3 is 12.1 Å². The van der Waals surface area contributed by atoms with Crippen molar-refractivity contribution in [3.63, 3.8) is 0 Å². The van der Waals surface area contributed by atoms with Crippen molar-refractivity contribution in [2.75, 3.05) is 7.11 Å². The SMILES string of the molecule is C=NS(=O)(=O)c1ccc(C(=O)NCc2c(C(=O)OC)n(-c3ccccc3)c3nc(C(F)(F)F)ccc3c2=O)cc1. The third-order valence-electron chi connectivity index (χ3n) is 5.81. The van der Waals surface area contributed by atoms with E-state index in [1.165, 1.54) is 24.3 Å². The molecule has 0 aliphatic rings. The molecule has 2 heterocycles. The molecule has 10 nitrogen and oxygen atoms in total. The van der Waals surface area contributed by atoms with Gasteiger partial charge in [0.1, 0.15) is 17.0 Å². The number of hydrogen-bond acceptors (Lipinski definition) is 7. The zero-order valence-electron chi connectivity index (χ0n) is 20.6. The number of amides is 1. The quantitative estimate of drug-likeness (QED) is 0.264. The first-order chi connectivity index (χ1) is 18.9. The van der Waals surface area contributed by atoms with Gasteiger partial charge in [-0.15, -0.1) is 0 Å². The van der Waals surface area contributed by atoms with E-state index in [0.29, 0.717) is 6.07 Å². The molecule has 0 aliphatic heterocycles. The molecule has 0 unspecified atom stereocenters. The number of pyridine rings is 2. The van der Waals surface area contributed by atoms with Crippen molar-refractivity contribution in [1.82, 2.24) is 14.9 Å². The Labute approximate surface area is 224 Å². The molecule has 2 aromatic carbocycles. The minimum Gasteiger partial charge on any atom is -0.464 e. The highest BCUT2D eigenvalue weighted by molar-refractivity contribution is 7.90. The van der Waals surface area contributed by atoms with Crippen LogP contribution in [0.3, 0.4) is 0 Å². The van der Waals surface area contributed by atoms with Crippen LogP contribution in [0.5, 0.6) is 0 Å². The summed E-state index contributed by atoms with van der Waals surface area (Å²) < 4.78 is 73.1. The first-order valence-electron chi connectivity index (χ1n) is 11.3. The number of halogens is 3. The monoisotopic (exact) mass is 572 g/mol. The number of aromatic nitrogens is 2. The van der Waals surface area contributed by atoms with Gasteiger partial charge in [-0.1, -0.05) is 18.2 Å². The number of ether oxygens (including phenoxy) is 1. The van der Waals surface area contributed by atoms with Crippen LogP contribution in [0.25, 0.3) is 16.7 Å². The number of rotatable bonds is 7. The fraction of sp³-hybridized carbons (Fsp3) is 0.115. The van der Waals surface area contributed by atoms with E-state index in [2.05, 4.69) is 21.4 Å². The number of hydrogen-bond donors (Lipinski definition) is 1. The molecule has 0 bridgehead atoms. The lowest BCUT2D eigenvalue weighted by molar-refractivity contribution is -0.141. The van der Waals surface area contributed by atoms with Gasteiger partial charge in [-0.2, -0.15) is 26.0 Å².